The van der Waals surface area contributed by atoms with Gasteiger partial charge in [-0.25, -0.2) is 0 Å². The van der Waals surface area contributed by atoms with Gasteiger partial charge >= 0.3 is 0 Å². The Hall–Kier alpha value is -2.64. The highest BCUT2D eigenvalue weighted by molar-refractivity contribution is 5.93. The fourth-order valence-electron chi connectivity index (χ4n) is 7.37. The Morgan fingerprint density at radius 3 is 2.70 bits per heavy atom. The number of fused-ring (bicyclic) bond motifs is 3. The van der Waals surface area contributed by atoms with Crippen LogP contribution in [0.1, 0.15) is 39.2 Å². The maximum absolute atomic E-state index is 12.7. The van der Waals surface area contributed by atoms with Crippen LogP contribution >= 0.6 is 0 Å². The predicted molar refractivity (Wildman–Crippen MR) is 110 cm³/mol. The number of phenols is 1. The van der Waals surface area contributed by atoms with Crippen molar-refractivity contribution in [2.45, 2.75) is 41.7 Å². The number of benzene rings is 1. The highest BCUT2D eigenvalue weighted by Crippen LogP contribution is 2.72. The van der Waals surface area contributed by atoms with Gasteiger partial charge in [0.15, 0.2) is 0 Å². The summed E-state index contributed by atoms with van der Waals surface area (Å²) in [4.78, 5) is 31.7. The van der Waals surface area contributed by atoms with E-state index in [-0.39, 0.29) is 28.7 Å². The third-order valence-electron chi connectivity index (χ3n) is 8.24. The van der Waals surface area contributed by atoms with E-state index in [1.807, 2.05) is 13.1 Å². The molecule has 4 aliphatic rings. The van der Waals surface area contributed by atoms with E-state index in [4.69, 9.17) is 0 Å². The quantitative estimate of drug-likeness (QED) is 0.641. The molecule has 1 amide bonds. The summed E-state index contributed by atoms with van der Waals surface area (Å²) in [5.41, 5.74) is 1.86. The summed E-state index contributed by atoms with van der Waals surface area (Å²) in [6, 6.07) is 7.20. The van der Waals surface area contributed by atoms with Crippen molar-refractivity contribution >= 4 is 5.91 Å². The molecule has 3 N–H and O–H groups in total. The van der Waals surface area contributed by atoms with Gasteiger partial charge in [-0.1, -0.05) is 6.07 Å². The van der Waals surface area contributed by atoms with E-state index < -0.39 is 16.6 Å². The smallest absolute Gasteiger partial charge is 0.261 e. The number of carbonyl (C=O) groups excluding carboxylic acids is 1. The normalized spacial score (nSPS) is 35.1. The molecule has 3 aliphatic carbocycles. The molecule has 30 heavy (non-hydrogen) atoms. The summed E-state index contributed by atoms with van der Waals surface area (Å²) in [7, 11) is 5.29. The van der Waals surface area contributed by atoms with Crippen molar-refractivity contribution in [2.75, 3.05) is 27.7 Å². The van der Waals surface area contributed by atoms with Gasteiger partial charge in [-0.05, 0) is 48.4 Å². The van der Waals surface area contributed by atoms with Gasteiger partial charge in [-0.2, -0.15) is 0 Å². The maximum Gasteiger partial charge on any atom is 0.261 e. The van der Waals surface area contributed by atoms with Gasteiger partial charge in [-0.3, -0.25) is 14.5 Å². The second kappa shape index (κ2) is 5.15. The number of aliphatic hydroxyl groups is 1. The molecule has 1 aliphatic heterocycles. The van der Waals surface area contributed by atoms with Crippen LogP contribution in [0.5, 0.6) is 5.75 Å². The highest BCUT2D eigenvalue weighted by atomic mass is 16.3. The molecule has 7 heteroatoms. The number of pyridine rings is 1. The van der Waals surface area contributed by atoms with E-state index in [9.17, 15) is 19.8 Å². The van der Waals surface area contributed by atoms with Crippen molar-refractivity contribution in [2.24, 2.45) is 0 Å². The molecule has 1 aromatic carbocycles. The SMILES string of the molecule is CN(C)C(=O)c1cc2c([nH]c1=O)CC13CC4(CN(C)[C@H]4C1(O)C2)c1ccc(O)cc13. The highest BCUT2D eigenvalue weighted by Gasteiger charge is 2.80. The first kappa shape index (κ1) is 18.2. The summed E-state index contributed by atoms with van der Waals surface area (Å²) in [5.74, 6) is -0.142. The lowest BCUT2D eigenvalue weighted by Gasteiger charge is -2.61. The fourth-order valence-corrected chi connectivity index (χ4v) is 7.37. The molecule has 4 atom stereocenters. The number of carbonyl (C=O) groups is 1. The van der Waals surface area contributed by atoms with Crippen LogP contribution in [0.25, 0.3) is 0 Å². The number of aromatic nitrogens is 1. The monoisotopic (exact) mass is 407 g/mol. The third kappa shape index (κ3) is 1.76. The Labute approximate surface area is 173 Å². The van der Waals surface area contributed by atoms with Crippen molar-refractivity contribution in [3.05, 3.63) is 62.6 Å². The van der Waals surface area contributed by atoms with E-state index in [2.05, 4.69) is 9.88 Å². The largest absolute Gasteiger partial charge is 0.508 e. The molecule has 0 radical (unpaired) electrons. The second-order valence-corrected chi connectivity index (χ2v) is 9.96. The first-order valence-electron chi connectivity index (χ1n) is 10.4. The van der Waals surface area contributed by atoms with Crippen LogP contribution in [0.2, 0.25) is 0 Å². The molecule has 1 saturated heterocycles. The minimum absolute atomic E-state index is 0.0184. The first-order valence-corrected chi connectivity index (χ1v) is 10.4. The summed E-state index contributed by atoms with van der Waals surface area (Å²) < 4.78 is 0. The summed E-state index contributed by atoms with van der Waals surface area (Å²) in [6.45, 7) is 0.872. The molecule has 156 valence electrons. The first-order chi connectivity index (χ1) is 14.1. The van der Waals surface area contributed by atoms with E-state index in [0.717, 1.165) is 29.8 Å². The lowest BCUT2D eigenvalue weighted by atomic mass is 9.55. The molecule has 2 fully saturated rings. The van der Waals surface area contributed by atoms with Crippen LogP contribution in [0.4, 0.5) is 0 Å². The lowest BCUT2D eigenvalue weighted by Crippen LogP contribution is -2.74. The maximum atomic E-state index is 12.7. The number of likely N-dealkylation sites (tertiary alicyclic amines) is 1. The molecule has 1 saturated carbocycles. The van der Waals surface area contributed by atoms with Crippen molar-refractivity contribution in [3.8, 4) is 5.75 Å². The molecule has 2 bridgehead atoms. The topological polar surface area (TPSA) is 96.9 Å². The minimum Gasteiger partial charge on any atom is -0.508 e. The number of phenolic OH excluding ortho intramolecular Hbond substituents is 1. The van der Waals surface area contributed by atoms with Crippen molar-refractivity contribution in [3.63, 3.8) is 0 Å². The van der Waals surface area contributed by atoms with Crippen molar-refractivity contribution in [1.29, 1.82) is 0 Å². The molecule has 6 rings (SSSR count). The fraction of sp³-hybridized carbons (Fsp3) is 0.478. The van der Waals surface area contributed by atoms with Crippen LogP contribution < -0.4 is 5.56 Å². The number of amides is 1. The minimum atomic E-state index is -1.02. The van der Waals surface area contributed by atoms with E-state index in [0.29, 0.717) is 12.8 Å². The number of likely N-dealkylation sites (N-methyl/N-ethyl adjacent to an activating group) is 1. The van der Waals surface area contributed by atoms with E-state index in [1.165, 1.54) is 10.5 Å². The average Bonchev–Trinajstić information content (AvgIpc) is 3.03. The molecule has 1 aromatic heterocycles. The van der Waals surface area contributed by atoms with Gasteiger partial charge in [0.25, 0.3) is 11.5 Å². The van der Waals surface area contributed by atoms with Crippen LogP contribution in [0.3, 0.4) is 0 Å². The Morgan fingerprint density at radius 1 is 1.23 bits per heavy atom. The molecule has 2 aromatic rings. The molecule has 2 spiro atoms. The van der Waals surface area contributed by atoms with Gasteiger partial charge in [0.2, 0.25) is 0 Å². The van der Waals surface area contributed by atoms with Gasteiger partial charge < -0.3 is 20.1 Å². The summed E-state index contributed by atoms with van der Waals surface area (Å²) in [5, 5.41) is 22.4. The summed E-state index contributed by atoms with van der Waals surface area (Å²) >= 11 is 0. The molecular weight excluding hydrogens is 382 g/mol. The van der Waals surface area contributed by atoms with Gasteiger partial charge in [-0.15, -0.1) is 0 Å². The van der Waals surface area contributed by atoms with Gasteiger partial charge in [0.1, 0.15) is 11.3 Å². The number of hydrogen-bond donors (Lipinski definition) is 3. The van der Waals surface area contributed by atoms with Crippen LogP contribution in [0, 0.1) is 0 Å². The van der Waals surface area contributed by atoms with Crippen LogP contribution in [-0.2, 0) is 23.7 Å². The predicted octanol–water partition coefficient (Wildman–Crippen LogP) is 0.519. The Bertz CT molecular complexity index is 1200. The Kier molecular flexibility index (Phi) is 3.12. The third-order valence-corrected chi connectivity index (χ3v) is 8.24. The van der Waals surface area contributed by atoms with Crippen molar-refractivity contribution < 1.29 is 15.0 Å². The lowest BCUT2D eigenvalue weighted by molar-refractivity contribution is -0.126. The zero-order valence-corrected chi connectivity index (χ0v) is 17.3. The number of nitrogens with one attached hydrogen (secondary N) is 1. The summed E-state index contributed by atoms with van der Waals surface area (Å²) in [6.07, 6.45) is 1.68. The van der Waals surface area contributed by atoms with Crippen molar-refractivity contribution in [1.82, 2.24) is 14.8 Å². The van der Waals surface area contributed by atoms with Crippen LogP contribution in [0.15, 0.2) is 29.1 Å². The average molecular weight is 407 g/mol. The van der Waals surface area contributed by atoms with Crippen LogP contribution in [-0.4, -0.2) is 70.2 Å². The van der Waals surface area contributed by atoms with E-state index in [1.54, 1.807) is 32.3 Å². The number of H-pyrrole nitrogens is 1. The van der Waals surface area contributed by atoms with Gasteiger partial charge in [0.05, 0.1) is 11.6 Å². The number of rotatable bonds is 1. The number of nitrogens with zero attached hydrogens (tertiary/aromatic N) is 2. The zero-order valence-electron chi connectivity index (χ0n) is 17.3. The standard InChI is InChI=1S/C23H25N3O4/c1-25(2)19(29)14-6-12-8-23(30)20-21(11-26(20)3)10-22(23,9-17(12)24-18(14)28)16-7-13(27)4-5-15(16)21/h4-7,20,27,30H,8-11H2,1-3H3,(H,24,28)/t20-,21?,22?,23?/m1/s1. The molecule has 2 heterocycles. The molecule has 3 unspecified atom stereocenters. The second-order valence-electron chi connectivity index (χ2n) is 9.96. The molecular formula is C23H25N3O4. The zero-order chi connectivity index (χ0) is 21.2. The molecule has 7 nitrogen and oxygen atoms in total. The number of aromatic amines is 1. The number of hydrogen-bond acceptors (Lipinski definition) is 5. The van der Waals surface area contributed by atoms with E-state index >= 15 is 0 Å². The Balaban J connectivity index is 1.57. The Morgan fingerprint density at radius 2 is 2.00 bits per heavy atom. The number of aromatic hydroxyl groups is 1. The van der Waals surface area contributed by atoms with Gasteiger partial charge in [0, 0.05) is 50.0 Å².